The Balaban J connectivity index is 1.01. The minimum atomic E-state index is -1.75. The Morgan fingerprint density at radius 3 is 1.80 bits per heavy atom. The van der Waals surface area contributed by atoms with Gasteiger partial charge in [-0.3, -0.25) is 0 Å². The van der Waals surface area contributed by atoms with Crippen LogP contribution in [0.2, 0.25) is 0 Å². The summed E-state index contributed by atoms with van der Waals surface area (Å²) >= 11 is 0. The van der Waals surface area contributed by atoms with Gasteiger partial charge in [0.05, 0.1) is 44.2 Å². The van der Waals surface area contributed by atoms with E-state index in [-0.39, 0.29) is 41.1 Å². The molecule has 0 amide bonds. The quantitative estimate of drug-likeness (QED) is 0.0651. The average molecular weight is 1080 g/mol. The Morgan fingerprint density at radius 2 is 1.16 bits per heavy atom. The van der Waals surface area contributed by atoms with Gasteiger partial charge < -0.3 is 109 Å². The Bertz CT molecular complexity index is 1940. The molecule has 0 aromatic rings. The van der Waals surface area contributed by atoms with E-state index in [1.165, 1.54) is 0 Å². The van der Waals surface area contributed by atoms with Crippen molar-refractivity contribution < 1.29 is 109 Å². The van der Waals surface area contributed by atoms with Gasteiger partial charge in [0.25, 0.3) is 0 Å². The van der Waals surface area contributed by atoms with E-state index in [2.05, 4.69) is 40.7 Å². The molecule has 4 saturated heterocycles. The maximum absolute atomic E-state index is 12.8. The van der Waals surface area contributed by atoms with Gasteiger partial charge in [-0.15, -0.1) is 0 Å². The highest BCUT2D eigenvalue weighted by atomic mass is 16.8. The first-order valence-corrected chi connectivity index (χ1v) is 27.3. The van der Waals surface area contributed by atoms with E-state index in [9.17, 15) is 71.5 Å². The predicted octanol–water partition coefficient (Wildman–Crippen LogP) is -1.56. The number of hydrogen-bond donors (Lipinski definition) is 14. The van der Waals surface area contributed by atoms with Crippen molar-refractivity contribution in [2.24, 2.45) is 45.3 Å². The van der Waals surface area contributed by atoms with Crippen molar-refractivity contribution in [1.29, 1.82) is 0 Å². The van der Waals surface area contributed by atoms with Crippen molar-refractivity contribution in [3.63, 3.8) is 0 Å². The summed E-state index contributed by atoms with van der Waals surface area (Å²) in [5, 5.41) is 151. The summed E-state index contributed by atoms with van der Waals surface area (Å²) in [6, 6.07) is 0. The van der Waals surface area contributed by atoms with Gasteiger partial charge in [-0.25, -0.2) is 0 Å². The molecule has 22 nitrogen and oxygen atoms in total. The molecule has 22 heteroatoms. The summed E-state index contributed by atoms with van der Waals surface area (Å²) < 4.78 is 48.8. The first-order chi connectivity index (χ1) is 35.1. The van der Waals surface area contributed by atoms with E-state index in [1.807, 2.05) is 20.8 Å². The van der Waals surface area contributed by atoms with E-state index < -0.39 is 165 Å². The molecule has 0 aromatic heterocycles. The third kappa shape index (κ3) is 10.6. The van der Waals surface area contributed by atoms with Gasteiger partial charge in [0.1, 0.15) is 91.6 Å². The third-order valence-electron chi connectivity index (χ3n) is 20.5. The first kappa shape index (κ1) is 60.0. The summed E-state index contributed by atoms with van der Waals surface area (Å²) in [5.41, 5.74) is -1.46. The van der Waals surface area contributed by atoms with Crippen molar-refractivity contribution in [2.45, 2.75) is 248 Å². The third-order valence-corrected chi connectivity index (χ3v) is 20.5. The molecule has 4 aliphatic carbocycles. The van der Waals surface area contributed by atoms with Crippen LogP contribution in [0.25, 0.3) is 0 Å². The lowest BCUT2D eigenvalue weighted by Crippen LogP contribution is -2.68. The molecule has 75 heavy (non-hydrogen) atoms. The van der Waals surface area contributed by atoms with Gasteiger partial charge in [-0.2, -0.15) is 0 Å². The highest BCUT2D eigenvalue weighted by Crippen LogP contribution is 2.76. The minimum Gasteiger partial charge on any atom is -0.394 e. The van der Waals surface area contributed by atoms with Crippen LogP contribution in [0.1, 0.15) is 113 Å². The molecule has 8 rings (SSSR count). The van der Waals surface area contributed by atoms with Crippen molar-refractivity contribution in [3.05, 3.63) is 11.6 Å². The predicted molar refractivity (Wildman–Crippen MR) is 260 cm³/mol. The standard InChI is InChI=1S/C53H90O22/c1-23(2)10-9-14-53(8,75-47-43(67)39(63)37(61)29(72-47)22-69-45-42(66)38(62)35(59)27(19-54)70-45)24-11-16-52(7)33(24)25(56)18-31-50(5)15-13-32(49(3,4)30(50)12-17-51(31,52)6)73-48-44(40(64)36(60)28(20-55)71-48)74-46-41(65)34(58)26(57)21-68-46/h10,24-48,54-67H,9,11-22H2,1-8H3/t24-,25+,26+,27+,28+,29+,30+,31+,32+,33-,34-,35+,36+,37+,38-,39-,40-,41+,42+,43+,44+,45+,46-,47-,48-,50+,51+,52-,53+/m1/s1. The molecule has 434 valence electrons. The summed E-state index contributed by atoms with van der Waals surface area (Å²) in [4.78, 5) is 0. The second-order valence-corrected chi connectivity index (χ2v) is 25.3. The molecule has 0 aromatic carbocycles. The largest absolute Gasteiger partial charge is 0.394 e. The second-order valence-electron chi connectivity index (χ2n) is 25.3. The van der Waals surface area contributed by atoms with Crippen molar-refractivity contribution in [1.82, 2.24) is 0 Å². The van der Waals surface area contributed by atoms with Crippen molar-refractivity contribution in [2.75, 3.05) is 26.4 Å². The number of allylic oxidation sites excluding steroid dienone is 2. The lowest BCUT2D eigenvalue weighted by molar-refractivity contribution is -0.371. The molecule has 0 bridgehead atoms. The lowest BCUT2D eigenvalue weighted by Gasteiger charge is -2.71. The number of aliphatic hydroxyl groups excluding tert-OH is 14. The molecule has 8 fully saturated rings. The van der Waals surface area contributed by atoms with Gasteiger partial charge in [0.2, 0.25) is 0 Å². The zero-order chi connectivity index (χ0) is 55.1. The Kier molecular flexibility index (Phi) is 18.1. The van der Waals surface area contributed by atoms with Crippen LogP contribution in [-0.2, 0) is 37.9 Å². The number of aliphatic hydroxyl groups is 14. The van der Waals surface area contributed by atoms with E-state index in [0.717, 1.165) is 24.8 Å². The number of rotatable bonds is 15. The molecule has 14 N–H and O–H groups in total. The topological polar surface area (TPSA) is 357 Å². The molecule has 4 saturated carbocycles. The van der Waals surface area contributed by atoms with Crippen molar-refractivity contribution >= 4 is 0 Å². The molecule has 8 aliphatic rings. The number of hydrogen-bond acceptors (Lipinski definition) is 22. The molecule has 29 atom stereocenters. The zero-order valence-corrected chi connectivity index (χ0v) is 44.7. The van der Waals surface area contributed by atoms with Crippen LogP contribution in [0, 0.1) is 45.3 Å². The zero-order valence-electron chi connectivity index (χ0n) is 44.7. The van der Waals surface area contributed by atoms with Crippen LogP contribution in [0.15, 0.2) is 11.6 Å². The number of ether oxygens (including phenoxy) is 8. The van der Waals surface area contributed by atoms with E-state index in [0.29, 0.717) is 38.5 Å². The van der Waals surface area contributed by atoms with Crippen molar-refractivity contribution in [3.8, 4) is 0 Å². The van der Waals surface area contributed by atoms with Crippen LogP contribution in [0.4, 0.5) is 0 Å². The number of fused-ring (bicyclic) bond motifs is 5. The smallest absolute Gasteiger partial charge is 0.187 e. The molecule has 4 aliphatic heterocycles. The maximum atomic E-state index is 12.8. The molecule has 0 radical (unpaired) electrons. The monoisotopic (exact) mass is 1080 g/mol. The molecular weight excluding hydrogens is 989 g/mol. The van der Waals surface area contributed by atoms with Crippen LogP contribution in [0.5, 0.6) is 0 Å². The average Bonchev–Trinajstić information content (AvgIpc) is 3.75. The Morgan fingerprint density at radius 1 is 0.587 bits per heavy atom. The van der Waals surface area contributed by atoms with Crippen LogP contribution in [-0.4, -0.2) is 232 Å². The highest BCUT2D eigenvalue weighted by Gasteiger charge is 2.72. The summed E-state index contributed by atoms with van der Waals surface area (Å²) in [6.07, 6.45) is -22.4. The normalized spacial score (nSPS) is 52.7. The highest BCUT2D eigenvalue weighted by molar-refractivity contribution is 5.20. The SMILES string of the molecule is CC(C)=CCC[C@](C)(O[C@H]1O[C@@H](CO[C@H]2O[C@@H](CO)[C@H](O)[C@@H](O)[C@@H]2O)[C@H](O)[C@@H](O)[C@@H]1O)[C@@H]1CC[C@]2(C)[C@H]1[C@@H](O)C[C@H]1[C@@]3(C)CC[C@H](O[C@H]4O[C@@H](CO)[C@H](O)[C@@H](O)[C@@H]4O[C@H]4OC[C@H](O)[C@@H](O)[C@@H]4O)C(C)(C)[C@@H]3CC[C@@]12C. The van der Waals surface area contributed by atoms with E-state index in [1.54, 1.807) is 0 Å². The van der Waals surface area contributed by atoms with Crippen LogP contribution < -0.4 is 0 Å². The summed E-state index contributed by atoms with van der Waals surface area (Å²) in [7, 11) is 0. The van der Waals surface area contributed by atoms with Gasteiger partial charge in [0.15, 0.2) is 25.2 Å². The van der Waals surface area contributed by atoms with Gasteiger partial charge in [-0.05, 0) is 124 Å². The fourth-order valence-electron chi connectivity index (χ4n) is 16.0. The van der Waals surface area contributed by atoms with Crippen LogP contribution >= 0.6 is 0 Å². The summed E-state index contributed by atoms with van der Waals surface area (Å²) in [5.74, 6) is -0.389. The molecular formula is C53H90O22. The van der Waals surface area contributed by atoms with E-state index >= 15 is 0 Å². The van der Waals surface area contributed by atoms with E-state index in [4.69, 9.17) is 37.9 Å². The Labute approximate surface area is 439 Å². The Hall–Kier alpha value is -1.14. The molecule has 4 heterocycles. The first-order valence-electron chi connectivity index (χ1n) is 27.3. The molecule has 0 spiro atoms. The molecule has 0 unspecified atom stereocenters. The minimum absolute atomic E-state index is 0.0610. The fourth-order valence-corrected chi connectivity index (χ4v) is 16.0. The van der Waals surface area contributed by atoms with Gasteiger partial charge >= 0.3 is 0 Å². The van der Waals surface area contributed by atoms with Gasteiger partial charge in [-0.1, -0.05) is 46.3 Å². The van der Waals surface area contributed by atoms with Crippen LogP contribution in [0.3, 0.4) is 0 Å². The maximum Gasteiger partial charge on any atom is 0.187 e. The lowest BCUT2D eigenvalue weighted by atomic mass is 9.35. The second kappa shape index (κ2) is 22.7. The van der Waals surface area contributed by atoms with Gasteiger partial charge in [0, 0.05) is 0 Å². The fraction of sp³-hybridized carbons (Fsp3) is 0.962. The summed E-state index contributed by atoms with van der Waals surface area (Å²) in [6.45, 7) is 15.1.